The van der Waals surface area contributed by atoms with Gasteiger partial charge in [-0.05, 0) is 41.3 Å². The van der Waals surface area contributed by atoms with Crippen molar-refractivity contribution in [3.05, 3.63) is 101 Å². The summed E-state index contributed by atoms with van der Waals surface area (Å²) in [6, 6.07) is 25.2. The molecule has 1 amide bonds. The van der Waals surface area contributed by atoms with Crippen molar-refractivity contribution in [1.29, 1.82) is 0 Å². The van der Waals surface area contributed by atoms with Gasteiger partial charge in [0, 0.05) is 23.0 Å². The van der Waals surface area contributed by atoms with Crippen molar-refractivity contribution in [1.82, 2.24) is 0 Å². The van der Waals surface area contributed by atoms with Crippen molar-refractivity contribution in [3.63, 3.8) is 0 Å². The number of para-hydroxylation sites is 1. The number of nitrogens with one attached hydrogen (secondary N) is 1. The van der Waals surface area contributed by atoms with Gasteiger partial charge in [0.05, 0.1) is 5.41 Å². The SMILES string of the molecule is O=CCC(c1ccc(Cl)cc1)C1(Cc2ccccc2)C(=O)Nc2ccccc21. The average Bonchev–Trinajstić information content (AvgIpc) is 3.00. The van der Waals surface area contributed by atoms with E-state index in [0.29, 0.717) is 11.4 Å². The summed E-state index contributed by atoms with van der Waals surface area (Å²) in [7, 11) is 0. The molecule has 0 saturated heterocycles. The van der Waals surface area contributed by atoms with Gasteiger partial charge >= 0.3 is 0 Å². The molecule has 1 heterocycles. The third kappa shape index (κ3) is 3.12. The molecule has 140 valence electrons. The van der Waals surface area contributed by atoms with Crippen LogP contribution in [0, 0.1) is 0 Å². The zero-order valence-electron chi connectivity index (χ0n) is 15.3. The molecular weight excluding hydrogens is 370 g/mol. The summed E-state index contributed by atoms with van der Waals surface area (Å²) in [4.78, 5) is 25.1. The molecule has 1 aliphatic heterocycles. The minimum absolute atomic E-state index is 0.0700. The van der Waals surface area contributed by atoms with E-state index in [1.54, 1.807) is 0 Å². The van der Waals surface area contributed by atoms with Crippen LogP contribution in [0.1, 0.15) is 29.0 Å². The molecule has 0 aromatic heterocycles. The molecule has 4 heteroatoms. The lowest BCUT2D eigenvalue weighted by molar-refractivity contribution is -0.122. The van der Waals surface area contributed by atoms with Crippen molar-refractivity contribution in [2.75, 3.05) is 5.32 Å². The number of hydrogen-bond acceptors (Lipinski definition) is 2. The first-order chi connectivity index (χ1) is 13.6. The summed E-state index contributed by atoms with van der Waals surface area (Å²) in [5, 5.41) is 3.67. The van der Waals surface area contributed by atoms with Crippen LogP contribution in [-0.4, -0.2) is 12.2 Å². The zero-order chi connectivity index (χ0) is 19.6. The summed E-state index contributed by atoms with van der Waals surface area (Å²) in [5.74, 6) is -0.370. The van der Waals surface area contributed by atoms with E-state index in [0.717, 1.165) is 28.7 Å². The number of amides is 1. The van der Waals surface area contributed by atoms with E-state index in [4.69, 9.17) is 11.6 Å². The van der Waals surface area contributed by atoms with Crippen LogP contribution in [0.3, 0.4) is 0 Å². The van der Waals surface area contributed by atoms with E-state index in [2.05, 4.69) is 5.32 Å². The highest BCUT2D eigenvalue weighted by Crippen LogP contribution is 2.50. The molecule has 0 bridgehead atoms. The van der Waals surface area contributed by atoms with Crippen LogP contribution in [0.5, 0.6) is 0 Å². The van der Waals surface area contributed by atoms with Crippen molar-refractivity contribution in [3.8, 4) is 0 Å². The molecule has 2 unspecified atom stereocenters. The maximum atomic E-state index is 13.5. The molecule has 0 radical (unpaired) electrons. The van der Waals surface area contributed by atoms with Crippen LogP contribution in [0.2, 0.25) is 5.02 Å². The van der Waals surface area contributed by atoms with Crippen LogP contribution in [0.4, 0.5) is 5.69 Å². The van der Waals surface area contributed by atoms with E-state index in [1.165, 1.54) is 0 Å². The lowest BCUT2D eigenvalue weighted by atomic mass is 9.64. The van der Waals surface area contributed by atoms with Crippen LogP contribution >= 0.6 is 11.6 Å². The zero-order valence-corrected chi connectivity index (χ0v) is 16.0. The summed E-state index contributed by atoms with van der Waals surface area (Å²) in [6.07, 6.45) is 1.66. The maximum Gasteiger partial charge on any atom is 0.236 e. The Balaban J connectivity index is 1.92. The smallest absolute Gasteiger partial charge is 0.236 e. The van der Waals surface area contributed by atoms with Gasteiger partial charge in [-0.2, -0.15) is 0 Å². The van der Waals surface area contributed by atoms with Crippen molar-refractivity contribution in [2.24, 2.45) is 0 Å². The third-order valence-electron chi connectivity index (χ3n) is 5.59. The maximum absolute atomic E-state index is 13.5. The van der Waals surface area contributed by atoms with Crippen LogP contribution < -0.4 is 5.32 Å². The fourth-order valence-electron chi connectivity index (χ4n) is 4.31. The van der Waals surface area contributed by atoms with Crippen molar-refractivity contribution in [2.45, 2.75) is 24.2 Å². The van der Waals surface area contributed by atoms with Crippen molar-refractivity contribution >= 4 is 29.5 Å². The second-order valence-corrected chi connectivity index (χ2v) is 7.58. The number of rotatable bonds is 6. The predicted octanol–water partition coefficient (Wildman–Crippen LogP) is 5.15. The Morgan fingerprint density at radius 2 is 1.61 bits per heavy atom. The molecule has 3 aromatic rings. The minimum atomic E-state index is -0.868. The van der Waals surface area contributed by atoms with Gasteiger partial charge in [-0.15, -0.1) is 0 Å². The van der Waals surface area contributed by atoms with Gasteiger partial charge in [-0.25, -0.2) is 0 Å². The predicted molar refractivity (Wildman–Crippen MR) is 112 cm³/mol. The number of aldehydes is 1. The Morgan fingerprint density at radius 1 is 0.929 bits per heavy atom. The Kier molecular flexibility index (Phi) is 5.01. The van der Waals surface area contributed by atoms with Crippen LogP contribution in [-0.2, 0) is 21.4 Å². The lowest BCUT2D eigenvalue weighted by Gasteiger charge is -2.36. The average molecular weight is 390 g/mol. The lowest BCUT2D eigenvalue weighted by Crippen LogP contribution is -2.43. The van der Waals surface area contributed by atoms with E-state index in [-0.39, 0.29) is 18.2 Å². The standard InChI is InChI=1S/C24H20ClNO2/c25-19-12-10-18(11-13-19)20(14-15-27)24(16-17-6-2-1-3-7-17)21-8-4-5-9-22(21)26-23(24)28/h1-13,15,20H,14,16H2,(H,26,28). The Hall–Kier alpha value is -2.91. The Labute approximate surface area is 169 Å². The van der Waals surface area contributed by atoms with Gasteiger partial charge in [0.1, 0.15) is 6.29 Å². The van der Waals surface area contributed by atoms with E-state index < -0.39 is 5.41 Å². The molecule has 0 spiro atoms. The van der Waals surface area contributed by atoms with Crippen LogP contribution in [0.15, 0.2) is 78.9 Å². The number of carbonyl (C=O) groups excluding carboxylic acids is 2. The quantitative estimate of drug-likeness (QED) is 0.593. The molecule has 3 nitrogen and oxygen atoms in total. The summed E-state index contributed by atoms with van der Waals surface area (Å²) in [5.41, 5.74) is 2.87. The number of halogens is 1. The van der Waals surface area contributed by atoms with Gasteiger partial charge in [0.25, 0.3) is 0 Å². The van der Waals surface area contributed by atoms with Gasteiger partial charge in [-0.3, -0.25) is 4.79 Å². The number of hydrogen-bond donors (Lipinski definition) is 1. The molecule has 28 heavy (non-hydrogen) atoms. The summed E-state index contributed by atoms with van der Waals surface area (Å²) in [6.45, 7) is 0. The molecule has 2 atom stereocenters. The molecule has 1 N–H and O–H groups in total. The monoisotopic (exact) mass is 389 g/mol. The molecule has 1 aliphatic rings. The van der Waals surface area contributed by atoms with Gasteiger partial charge in [0.2, 0.25) is 5.91 Å². The first kappa shape index (κ1) is 18.5. The Morgan fingerprint density at radius 3 is 2.32 bits per heavy atom. The molecule has 0 aliphatic carbocycles. The summed E-state index contributed by atoms with van der Waals surface area (Å²) < 4.78 is 0. The van der Waals surface area contributed by atoms with Crippen molar-refractivity contribution < 1.29 is 9.59 Å². The number of carbonyl (C=O) groups is 2. The first-order valence-electron chi connectivity index (χ1n) is 9.29. The van der Waals surface area contributed by atoms with Crippen LogP contribution in [0.25, 0.3) is 0 Å². The molecule has 4 rings (SSSR count). The largest absolute Gasteiger partial charge is 0.325 e. The third-order valence-corrected chi connectivity index (χ3v) is 5.84. The van der Waals surface area contributed by atoms with E-state index >= 15 is 0 Å². The fourth-order valence-corrected chi connectivity index (χ4v) is 4.44. The number of anilines is 1. The Bertz CT molecular complexity index is 1000. The first-order valence-corrected chi connectivity index (χ1v) is 9.67. The number of benzene rings is 3. The highest BCUT2D eigenvalue weighted by atomic mass is 35.5. The summed E-state index contributed by atoms with van der Waals surface area (Å²) >= 11 is 6.08. The molecule has 3 aromatic carbocycles. The fraction of sp³-hybridized carbons (Fsp3) is 0.167. The van der Waals surface area contributed by atoms with Gasteiger partial charge < -0.3 is 10.1 Å². The number of fused-ring (bicyclic) bond motifs is 1. The van der Waals surface area contributed by atoms with Gasteiger partial charge in [0.15, 0.2) is 0 Å². The second-order valence-electron chi connectivity index (χ2n) is 7.14. The normalized spacial score (nSPS) is 19.0. The highest BCUT2D eigenvalue weighted by molar-refractivity contribution is 6.30. The minimum Gasteiger partial charge on any atom is -0.325 e. The highest BCUT2D eigenvalue weighted by Gasteiger charge is 2.52. The molecule has 0 fully saturated rings. The van der Waals surface area contributed by atoms with E-state index in [9.17, 15) is 9.59 Å². The topological polar surface area (TPSA) is 46.2 Å². The van der Waals surface area contributed by atoms with Gasteiger partial charge in [-0.1, -0.05) is 72.3 Å². The van der Waals surface area contributed by atoms with E-state index in [1.807, 2.05) is 78.9 Å². The molecular formula is C24H20ClNO2. The second kappa shape index (κ2) is 7.61. The molecule has 0 saturated carbocycles.